The maximum Gasteiger partial charge on any atom is 0.271 e. The number of rotatable bonds is 5. The van der Waals surface area contributed by atoms with E-state index >= 15 is 0 Å². The zero-order valence-electron chi connectivity index (χ0n) is 10.5. The van der Waals surface area contributed by atoms with Gasteiger partial charge in [0.2, 0.25) is 5.95 Å². The molecule has 8 nitrogen and oxygen atoms in total. The van der Waals surface area contributed by atoms with Crippen molar-refractivity contribution in [3.05, 3.63) is 46.5 Å². The molecule has 0 atom stereocenters. The van der Waals surface area contributed by atoms with Crippen LogP contribution in [0.15, 0.2) is 30.6 Å². The lowest BCUT2D eigenvalue weighted by molar-refractivity contribution is -0.384. The Kier molecular flexibility index (Phi) is 3.04. The smallest absolute Gasteiger partial charge is 0.271 e. The molecule has 0 fully saturated rings. The average Bonchev–Trinajstić information content (AvgIpc) is 3.06. The Morgan fingerprint density at radius 1 is 1.40 bits per heavy atom. The van der Waals surface area contributed by atoms with Crippen LogP contribution in [0.4, 0.5) is 11.6 Å². The second kappa shape index (κ2) is 5.00. The lowest BCUT2D eigenvalue weighted by Crippen LogP contribution is -2.06. The van der Waals surface area contributed by atoms with Gasteiger partial charge >= 0.3 is 0 Å². The van der Waals surface area contributed by atoms with Crippen molar-refractivity contribution in [2.24, 2.45) is 0 Å². The first-order valence-electron chi connectivity index (χ1n) is 6.08. The van der Waals surface area contributed by atoms with Gasteiger partial charge in [-0.1, -0.05) is 0 Å². The number of anilines is 1. The highest BCUT2D eigenvalue weighted by molar-refractivity contribution is 5.79. The number of aromatic amines is 2. The van der Waals surface area contributed by atoms with Crippen LogP contribution in [-0.4, -0.2) is 31.4 Å². The molecule has 0 aliphatic heterocycles. The van der Waals surface area contributed by atoms with Gasteiger partial charge in [0, 0.05) is 37.5 Å². The lowest BCUT2D eigenvalue weighted by atomic mass is 10.3. The first-order chi connectivity index (χ1) is 9.72. The largest absolute Gasteiger partial charge is 0.355 e. The fraction of sp³-hybridized carbons (Fsp3) is 0.167. The Morgan fingerprint density at radius 3 is 3.05 bits per heavy atom. The number of hydrogen-bond acceptors (Lipinski definition) is 5. The highest BCUT2D eigenvalue weighted by atomic mass is 16.6. The minimum Gasteiger partial charge on any atom is -0.355 e. The number of non-ortho nitro benzene ring substituents is 1. The summed E-state index contributed by atoms with van der Waals surface area (Å²) in [6.45, 7) is 0.662. The van der Waals surface area contributed by atoms with Crippen molar-refractivity contribution in [1.29, 1.82) is 0 Å². The fourth-order valence-electron chi connectivity index (χ4n) is 1.93. The van der Waals surface area contributed by atoms with E-state index in [1.165, 1.54) is 12.1 Å². The number of H-pyrrole nitrogens is 2. The van der Waals surface area contributed by atoms with E-state index in [4.69, 9.17) is 0 Å². The van der Waals surface area contributed by atoms with Crippen LogP contribution in [0.5, 0.6) is 0 Å². The van der Waals surface area contributed by atoms with Crippen molar-refractivity contribution in [1.82, 2.24) is 19.9 Å². The third-order valence-corrected chi connectivity index (χ3v) is 2.89. The number of nitrogens with one attached hydrogen (secondary N) is 3. The van der Waals surface area contributed by atoms with Gasteiger partial charge in [-0.2, -0.15) is 0 Å². The molecular weight excluding hydrogens is 260 g/mol. The quantitative estimate of drug-likeness (QED) is 0.484. The Balaban J connectivity index is 1.70. The van der Waals surface area contributed by atoms with Gasteiger partial charge in [0.1, 0.15) is 5.82 Å². The summed E-state index contributed by atoms with van der Waals surface area (Å²) >= 11 is 0. The average molecular weight is 272 g/mol. The van der Waals surface area contributed by atoms with Crippen LogP contribution in [0, 0.1) is 10.1 Å². The Hall–Kier alpha value is -2.90. The van der Waals surface area contributed by atoms with Crippen molar-refractivity contribution in [3.63, 3.8) is 0 Å². The summed E-state index contributed by atoms with van der Waals surface area (Å²) < 4.78 is 0. The molecule has 0 spiro atoms. The number of nitro benzene ring substituents is 1. The Bertz CT molecular complexity index is 734. The summed E-state index contributed by atoms with van der Waals surface area (Å²) in [6, 6.07) is 4.54. The molecule has 2 aromatic heterocycles. The first-order valence-corrected chi connectivity index (χ1v) is 6.08. The number of aromatic nitrogens is 4. The third-order valence-electron chi connectivity index (χ3n) is 2.89. The van der Waals surface area contributed by atoms with E-state index < -0.39 is 4.92 Å². The molecule has 0 aliphatic carbocycles. The van der Waals surface area contributed by atoms with E-state index in [9.17, 15) is 10.1 Å². The van der Waals surface area contributed by atoms with Gasteiger partial charge in [-0.05, 0) is 6.07 Å². The third kappa shape index (κ3) is 2.44. The predicted octanol–water partition coefficient (Wildman–Crippen LogP) is 1.85. The van der Waals surface area contributed by atoms with Crippen LogP contribution in [-0.2, 0) is 6.42 Å². The van der Waals surface area contributed by atoms with E-state index in [0.29, 0.717) is 23.5 Å². The lowest BCUT2D eigenvalue weighted by Gasteiger charge is -1.99. The summed E-state index contributed by atoms with van der Waals surface area (Å²) in [5.74, 6) is 1.48. The SMILES string of the molecule is O=[N+]([O-])c1ccc2nc(NCCc3ncc[nH]3)[nH]c2c1. The van der Waals surface area contributed by atoms with Crippen LogP contribution < -0.4 is 5.32 Å². The van der Waals surface area contributed by atoms with Gasteiger partial charge in [0.05, 0.1) is 16.0 Å². The molecule has 0 radical (unpaired) electrons. The molecule has 0 unspecified atom stereocenters. The minimum absolute atomic E-state index is 0.0447. The minimum atomic E-state index is -0.426. The molecule has 3 aromatic rings. The Labute approximate surface area is 113 Å². The molecule has 0 saturated carbocycles. The van der Waals surface area contributed by atoms with Crippen molar-refractivity contribution >= 4 is 22.7 Å². The van der Waals surface area contributed by atoms with Crippen molar-refractivity contribution in [2.45, 2.75) is 6.42 Å². The Morgan fingerprint density at radius 2 is 2.30 bits per heavy atom. The van der Waals surface area contributed by atoms with Crippen LogP contribution in [0.25, 0.3) is 11.0 Å². The molecule has 2 heterocycles. The van der Waals surface area contributed by atoms with E-state index in [1.807, 2.05) is 0 Å². The van der Waals surface area contributed by atoms with Crippen LogP contribution >= 0.6 is 0 Å². The zero-order valence-corrected chi connectivity index (χ0v) is 10.5. The fourth-order valence-corrected chi connectivity index (χ4v) is 1.93. The molecule has 8 heteroatoms. The highest BCUT2D eigenvalue weighted by Gasteiger charge is 2.09. The molecule has 0 bridgehead atoms. The normalized spacial score (nSPS) is 10.8. The van der Waals surface area contributed by atoms with Gasteiger partial charge < -0.3 is 15.3 Å². The van der Waals surface area contributed by atoms with E-state index in [2.05, 4.69) is 25.3 Å². The van der Waals surface area contributed by atoms with Crippen molar-refractivity contribution < 1.29 is 4.92 Å². The van der Waals surface area contributed by atoms with Gasteiger partial charge in [0.15, 0.2) is 0 Å². The van der Waals surface area contributed by atoms with Crippen molar-refractivity contribution in [3.8, 4) is 0 Å². The molecular formula is C12H12N6O2. The summed E-state index contributed by atoms with van der Waals surface area (Å²) in [7, 11) is 0. The second-order valence-corrected chi connectivity index (χ2v) is 4.26. The number of hydrogen-bond donors (Lipinski definition) is 3. The van der Waals surface area contributed by atoms with E-state index in [1.54, 1.807) is 18.5 Å². The van der Waals surface area contributed by atoms with Gasteiger partial charge in [-0.3, -0.25) is 10.1 Å². The van der Waals surface area contributed by atoms with Crippen LogP contribution in [0.3, 0.4) is 0 Å². The first kappa shape index (κ1) is 12.2. The van der Waals surface area contributed by atoms with E-state index in [-0.39, 0.29) is 5.69 Å². The van der Waals surface area contributed by atoms with E-state index in [0.717, 1.165) is 12.2 Å². The monoisotopic (exact) mass is 272 g/mol. The maximum atomic E-state index is 10.7. The number of benzene rings is 1. The number of fused-ring (bicyclic) bond motifs is 1. The number of imidazole rings is 2. The van der Waals surface area contributed by atoms with Gasteiger partial charge in [-0.15, -0.1) is 0 Å². The van der Waals surface area contributed by atoms with Crippen LogP contribution in [0.1, 0.15) is 5.82 Å². The summed E-state index contributed by atoms with van der Waals surface area (Å²) in [6.07, 6.45) is 4.22. The van der Waals surface area contributed by atoms with Crippen molar-refractivity contribution in [2.75, 3.05) is 11.9 Å². The highest BCUT2D eigenvalue weighted by Crippen LogP contribution is 2.20. The molecule has 3 N–H and O–H groups in total. The second-order valence-electron chi connectivity index (χ2n) is 4.26. The van der Waals surface area contributed by atoms with Gasteiger partial charge in [-0.25, -0.2) is 9.97 Å². The maximum absolute atomic E-state index is 10.7. The van der Waals surface area contributed by atoms with Gasteiger partial charge in [0.25, 0.3) is 5.69 Å². The standard InChI is InChI=1S/C12H12N6O2/c19-18(20)8-1-2-9-10(7-8)17-12(16-9)15-4-3-11-13-5-6-14-11/h1-2,5-7H,3-4H2,(H,13,14)(H2,15,16,17). The molecule has 0 aliphatic rings. The molecule has 3 rings (SSSR count). The topological polar surface area (TPSA) is 113 Å². The summed E-state index contributed by atoms with van der Waals surface area (Å²) in [5, 5.41) is 13.8. The molecule has 0 amide bonds. The molecule has 0 saturated heterocycles. The number of nitrogens with zero attached hydrogens (tertiary/aromatic N) is 3. The summed E-state index contributed by atoms with van der Waals surface area (Å²) in [4.78, 5) is 24.7. The zero-order chi connectivity index (χ0) is 13.9. The predicted molar refractivity (Wildman–Crippen MR) is 73.5 cm³/mol. The van der Waals surface area contributed by atoms with Crippen LogP contribution in [0.2, 0.25) is 0 Å². The molecule has 20 heavy (non-hydrogen) atoms. The summed E-state index contributed by atoms with van der Waals surface area (Å²) in [5.41, 5.74) is 1.37. The molecule has 102 valence electrons. The number of nitro groups is 1. The molecule has 1 aromatic carbocycles.